The molecular weight excluding hydrogens is 272 g/mol. The van der Waals surface area contributed by atoms with Crippen LogP contribution in [0.25, 0.3) is 0 Å². The fourth-order valence-electron chi connectivity index (χ4n) is 1.54. The van der Waals surface area contributed by atoms with Crippen LogP contribution in [0, 0.1) is 0 Å². The van der Waals surface area contributed by atoms with Crippen molar-refractivity contribution >= 4 is 21.8 Å². The molecule has 1 rings (SSSR count). The standard InChI is InChI=1S/C10H18N4O4S/c1-4-14(7-9(15)18-5-2)19(16,17)8-6-13(3)12-10(8)11/h6H,4-5,7H2,1-3H3,(H2,11,12). The number of ether oxygens (including phenoxy) is 1. The van der Waals surface area contributed by atoms with Gasteiger partial charge in [-0.05, 0) is 6.92 Å². The van der Waals surface area contributed by atoms with Gasteiger partial charge in [0.15, 0.2) is 5.82 Å². The summed E-state index contributed by atoms with van der Waals surface area (Å²) < 4.78 is 31.7. The van der Waals surface area contributed by atoms with Crippen LogP contribution in [0.2, 0.25) is 0 Å². The van der Waals surface area contributed by atoms with E-state index in [2.05, 4.69) is 5.10 Å². The second-order valence-electron chi connectivity index (χ2n) is 3.79. The topological polar surface area (TPSA) is 108 Å². The Kier molecular flexibility index (Phi) is 4.90. The van der Waals surface area contributed by atoms with Gasteiger partial charge in [0.25, 0.3) is 0 Å². The maximum atomic E-state index is 12.3. The van der Waals surface area contributed by atoms with Gasteiger partial charge in [0, 0.05) is 19.8 Å². The van der Waals surface area contributed by atoms with Crippen LogP contribution in [0.15, 0.2) is 11.1 Å². The number of anilines is 1. The van der Waals surface area contributed by atoms with Gasteiger partial charge in [0.2, 0.25) is 10.0 Å². The van der Waals surface area contributed by atoms with E-state index in [4.69, 9.17) is 10.5 Å². The second-order valence-corrected chi connectivity index (χ2v) is 5.69. The third kappa shape index (κ3) is 3.44. The Morgan fingerprint density at radius 2 is 2.16 bits per heavy atom. The summed E-state index contributed by atoms with van der Waals surface area (Å²) in [7, 11) is -2.28. The summed E-state index contributed by atoms with van der Waals surface area (Å²) in [5, 5.41) is 3.78. The Balaban J connectivity index is 3.02. The van der Waals surface area contributed by atoms with E-state index in [1.165, 1.54) is 10.9 Å². The van der Waals surface area contributed by atoms with Crippen molar-refractivity contribution in [3.63, 3.8) is 0 Å². The van der Waals surface area contributed by atoms with Crippen LogP contribution >= 0.6 is 0 Å². The summed E-state index contributed by atoms with van der Waals surface area (Å²) in [6.07, 6.45) is 1.30. The minimum Gasteiger partial charge on any atom is -0.465 e. The minimum absolute atomic E-state index is 0.0928. The molecule has 0 saturated heterocycles. The van der Waals surface area contributed by atoms with Gasteiger partial charge in [-0.1, -0.05) is 6.92 Å². The lowest BCUT2D eigenvalue weighted by molar-refractivity contribution is -0.143. The molecule has 0 saturated carbocycles. The van der Waals surface area contributed by atoms with Gasteiger partial charge in [-0.25, -0.2) is 8.42 Å². The van der Waals surface area contributed by atoms with E-state index in [-0.39, 0.29) is 30.4 Å². The fourth-order valence-corrected chi connectivity index (χ4v) is 3.02. The summed E-state index contributed by atoms with van der Waals surface area (Å²) >= 11 is 0. The van der Waals surface area contributed by atoms with Gasteiger partial charge in [-0.2, -0.15) is 9.40 Å². The molecule has 108 valence electrons. The zero-order valence-electron chi connectivity index (χ0n) is 11.2. The summed E-state index contributed by atoms with van der Waals surface area (Å²) in [6, 6.07) is 0. The third-order valence-electron chi connectivity index (χ3n) is 2.40. The van der Waals surface area contributed by atoms with Crippen molar-refractivity contribution in [1.82, 2.24) is 14.1 Å². The van der Waals surface area contributed by atoms with Crippen LogP contribution in [0.1, 0.15) is 13.8 Å². The molecule has 0 amide bonds. The van der Waals surface area contributed by atoms with Gasteiger partial charge in [0.05, 0.1) is 6.61 Å². The molecule has 0 bridgehead atoms. The van der Waals surface area contributed by atoms with E-state index in [1.807, 2.05) is 0 Å². The van der Waals surface area contributed by atoms with Crippen LogP contribution in [-0.2, 0) is 26.6 Å². The average Bonchev–Trinajstić information content (AvgIpc) is 2.66. The number of rotatable bonds is 6. The van der Waals surface area contributed by atoms with Gasteiger partial charge in [-0.3, -0.25) is 9.48 Å². The van der Waals surface area contributed by atoms with Gasteiger partial charge in [0.1, 0.15) is 11.4 Å². The number of esters is 1. The van der Waals surface area contributed by atoms with Crippen LogP contribution in [-0.4, -0.2) is 48.2 Å². The van der Waals surface area contributed by atoms with Crippen molar-refractivity contribution < 1.29 is 17.9 Å². The first-order chi connectivity index (χ1) is 8.82. The molecule has 1 aromatic heterocycles. The molecule has 8 nitrogen and oxygen atoms in total. The van der Waals surface area contributed by atoms with E-state index < -0.39 is 16.0 Å². The Labute approximate surface area is 112 Å². The van der Waals surface area contributed by atoms with Crippen molar-refractivity contribution in [1.29, 1.82) is 0 Å². The van der Waals surface area contributed by atoms with E-state index >= 15 is 0 Å². The van der Waals surface area contributed by atoms with E-state index in [9.17, 15) is 13.2 Å². The molecule has 19 heavy (non-hydrogen) atoms. The van der Waals surface area contributed by atoms with E-state index in [0.717, 1.165) is 4.31 Å². The highest BCUT2D eigenvalue weighted by Gasteiger charge is 2.29. The number of carbonyl (C=O) groups excluding carboxylic acids is 1. The van der Waals surface area contributed by atoms with E-state index in [0.29, 0.717) is 0 Å². The first-order valence-corrected chi connectivity index (χ1v) is 7.21. The van der Waals surface area contributed by atoms with Crippen LogP contribution < -0.4 is 5.73 Å². The Morgan fingerprint density at radius 1 is 1.53 bits per heavy atom. The van der Waals surface area contributed by atoms with Crippen molar-refractivity contribution in [2.75, 3.05) is 25.4 Å². The average molecular weight is 290 g/mol. The lowest BCUT2D eigenvalue weighted by Crippen LogP contribution is -2.36. The summed E-state index contributed by atoms with van der Waals surface area (Å²) in [5.74, 6) is -0.694. The predicted molar refractivity (Wildman–Crippen MR) is 68.7 cm³/mol. The smallest absolute Gasteiger partial charge is 0.321 e. The molecule has 0 aliphatic rings. The zero-order valence-corrected chi connectivity index (χ0v) is 12.0. The highest BCUT2D eigenvalue weighted by molar-refractivity contribution is 7.89. The molecular formula is C10H18N4O4S. The van der Waals surface area contributed by atoms with Gasteiger partial charge < -0.3 is 10.5 Å². The molecule has 0 aromatic carbocycles. The molecule has 0 aliphatic carbocycles. The zero-order chi connectivity index (χ0) is 14.6. The van der Waals surface area contributed by atoms with Crippen LogP contribution in [0.5, 0.6) is 0 Å². The second kappa shape index (κ2) is 6.02. The number of nitrogens with two attached hydrogens (primary N) is 1. The van der Waals surface area contributed by atoms with Gasteiger partial charge in [-0.15, -0.1) is 0 Å². The molecule has 0 spiro atoms. The lowest BCUT2D eigenvalue weighted by Gasteiger charge is -2.18. The van der Waals surface area contributed by atoms with Crippen molar-refractivity contribution in [3.05, 3.63) is 6.20 Å². The van der Waals surface area contributed by atoms with Crippen molar-refractivity contribution in [3.8, 4) is 0 Å². The molecule has 0 fully saturated rings. The largest absolute Gasteiger partial charge is 0.465 e. The van der Waals surface area contributed by atoms with Crippen LogP contribution in [0.4, 0.5) is 5.82 Å². The highest BCUT2D eigenvalue weighted by atomic mass is 32.2. The molecule has 0 aliphatic heterocycles. The summed E-state index contributed by atoms with van der Waals surface area (Å²) in [6.45, 7) is 3.27. The molecule has 1 heterocycles. The summed E-state index contributed by atoms with van der Waals surface area (Å²) in [5.41, 5.74) is 5.56. The highest BCUT2D eigenvalue weighted by Crippen LogP contribution is 2.20. The number of nitrogens with zero attached hydrogens (tertiary/aromatic N) is 3. The first kappa shape index (κ1) is 15.4. The number of likely N-dealkylation sites (N-methyl/N-ethyl adjacent to an activating group) is 1. The van der Waals surface area contributed by atoms with E-state index in [1.54, 1.807) is 20.9 Å². The predicted octanol–water partition coefficient (Wildman–Crippen LogP) is -0.424. The molecule has 1 aromatic rings. The lowest BCUT2D eigenvalue weighted by atomic mass is 10.6. The third-order valence-corrected chi connectivity index (χ3v) is 4.34. The van der Waals surface area contributed by atoms with Crippen LogP contribution in [0.3, 0.4) is 0 Å². The van der Waals surface area contributed by atoms with Crippen molar-refractivity contribution in [2.45, 2.75) is 18.7 Å². The summed E-state index contributed by atoms with van der Waals surface area (Å²) in [4.78, 5) is 11.3. The van der Waals surface area contributed by atoms with Crippen molar-refractivity contribution in [2.24, 2.45) is 7.05 Å². The number of nitrogen functional groups attached to an aromatic ring is 1. The molecule has 0 radical (unpaired) electrons. The Hall–Kier alpha value is -1.61. The molecule has 0 unspecified atom stereocenters. The maximum Gasteiger partial charge on any atom is 0.321 e. The number of hydrogen-bond donors (Lipinski definition) is 1. The molecule has 0 atom stereocenters. The quantitative estimate of drug-likeness (QED) is 0.713. The maximum absolute atomic E-state index is 12.3. The Bertz CT molecular complexity index is 552. The fraction of sp³-hybridized carbons (Fsp3) is 0.600. The first-order valence-electron chi connectivity index (χ1n) is 5.77. The molecule has 9 heteroatoms. The monoisotopic (exact) mass is 290 g/mol. The Morgan fingerprint density at radius 3 is 2.58 bits per heavy atom. The number of carbonyl (C=O) groups is 1. The minimum atomic E-state index is -3.85. The number of hydrogen-bond acceptors (Lipinski definition) is 6. The SMILES string of the molecule is CCOC(=O)CN(CC)S(=O)(=O)c1cn(C)nc1N. The normalized spacial score (nSPS) is 11.8. The molecule has 2 N–H and O–H groups in total. The number of aryl methyl sites for hydroxylation is 1. The number of sulfonamides is 1. The van der Waals surface area contributed by atoms with Gasteiger partial charge >= 0.3 is 5.97 Å². The number of aromatic nitrogens is 2.